The van der Waals surface area contributed by atoms with Crippen LogP contribution in [0.1, 0.15) is 25.0 Å². The van der Waals surface area contributed by atoms with Gasteiger partial charge in [0.25, 0.3) is 0 Å². The van der Waals surface area contributed by atoms with Gasteiger partial charge in [-0.15, -0.1) is 0 Å². The molecule has 4 heteroatoms. The summed E-state index contributed by atoms with van der Waals surface area (Å²) in [6.07, 6.45) is 0. The molecule has 1 saturated heterocycles. The van der Waals surface area contributed by atoms with Gasteiger partial charge in [0.1, 0.15) is 0 Å². The van der Waals surface area contributed by atoms with Gasteiger partial charge in [0.05, 0.1) is 0 Å². The molecule has 1 aromatic rings. The monoisotopic (exact) mass is 281 g/mol. The van der Waals surface area contributed by atoms with Gasteiger partial charge in [-0.3, -0.25) is 9.80 Å². The Bertz CT molecular complexity index is 423. The molecule has 1 aliphatic heterocycles. The minimum absolute atomic E-state index is 0.544. The van der Waals surface area contributed by atoms with E-state index in [0.717, 1.165) is 30.2 Å². The molecular weight excluding hydrogens is 258 g/mol. The van der Waals surface area contributed by atoms with Crippen LogP contribution in [-0.4, -0.2) is 42.0 Å². The van der Waals surface area contributed by atoms with E-state index in [9.17, 15) is 0 Å². The van der Waals surface area contributed by atoms with Gasteiger partial charge >= 0.3 is 0 Å². The van der Waals surface area contributed by atoms with Crippen LogP contribution in [0.25, 0.3) is 0 Å². The second kappa shape index (κ2) is 6.23. The number of rotatable bonds is 3. The highest BCUT2D eigenvalue weighted by molar-refractivity contribution is 6.31. The number of benzene rings is 1. The fourth-order valence-corrected chi connectivity index (χ4v) is 2.99. The Morgan fingerprint density at radius 2 is 1.89 bits per heavy atom. The van der Waals surface area contributed by atoms with Crippen LogP contribution in [0.15, 0.2) is 18.2 Å². The maximum Gasteiger partial charge on any atom is 0.0454 e. The Balaban J connectivity index is 2.05. The van der Waals surface area contributed by atoms with Crippen LogP contribution in [0.3, 0.4) is 0 Å². The van der Waals surface area contributed by atoms with E-state index in [1.54, 1.807) is 0 Å². The molecule has 0 bridgehead atoms. The highest BCUT2D eigenvalue weighted by Crippen LogP contribution is 2.22. The molecule has 106 valence electrons. The third kappa shape index (κ3) is 3.48. The van der Waals surface area contributed by atoms with Crippen molar-refractivity contribution < 1.29 is 0 Å². The number of hydrogen-bond donors (Lipinski definition) is 1. The van der Waals surface area contributed by atoms with Gasteiger partial charge in [-0.1, -0.05) is 23.7 Å². The van der Waals surface area contributed by atoms with Crippen molar-refractivity contribution in [1.82, 2.24) is 9.80 Å². The molecular formula is C15H24ClN3. The highest BCUT2D eigenvalue weighted by atomic mass is 35.5. The van der Waals surface area contributed by atoms with E-state index >= 15 is 0 Å². The van der Waals surface area contributed by atoms with E-state index in [0.29, 0.717) is 18.6 Å². The zero-order valence-electron chi connectivity index (χ0n) is 12.1. The van der Waals surface area contributed by atoms with Crippen LogP contribution in [0.5, 0.6) is 0 Å². The first-order chi connectivity index (χ1) is 9.01. The molecule has 0 radical (unpaired) electrons. The van der Waals surface area contributed by atoms with Crippen molar-refractivity contribution >= 4 is 11.6 Å². The predicted molar refractivity (Wildman–Crippen MR) is 81.3 cm³/mol. The predicted octanol–water partition coefficient (Wildman–Crippen LogP) is 2.32. The molecule has 1 aliphatic rings. The Kier molecular flexibility index (Phi) is 4.85. The number of hydrogen-bond acceptors (Lipinski definition) is 3. The van der Waals surface area contributed by atoms with Crippen molar-refractivity contribution in [3.8, 4) is 0 Å². The van der Waals surface area contributed by atoms with Gasteiger partial charge in [0.15, 0.2) is 0 Å². The van der Waals surface area contributed by atoms with Crippen molar-refractivity contribution in [1.29, 1.82) is 0 Å². The molecule has 0 saturated carbocycles. The number of nitrogens with zero attached hydrogens (tertiary/aromatic N) is 2. The summed E-state index contributed by atoms with van der Waals surface area (Å²) in [6.45, 7) is 8.21. The van der Waals surface area contributed by atoms with Crippen LogP contribution in [0, 0.1) is 0 Å². The zero-order chi connectivity index (χ0) is 14.0. The molecule has 0 amide bonds. The van der Waals surface area contributed by atoms with Crippen LogP contribution in [-0.2, 0) is 13.1 Å². The van der Waals surface area contributed by atoms with Crippen LogP contribution in [0.4, 0.5) is 0 Å². The molecule has 1 heterocycles. The van der Waals surface area contributed by atoms with Crippen LogP contribution >= 0.6 is 11.6 Å². The zero-order valence-corrected chi connectivity index (χ0v) is 12.8. The summed E-state index contributed by atoms with van der Waals surface area (Å²) in [6, 6.07) is 7.35. The number of nitrogens with two attached hydrogens (primary N) is 1. The second-order valence-corrected chi connectivity index (χ2v) is 6.09. The van der Waals surface area contributed by atoms with Crippen molar-refractivity contribution in [2.45, 2.75) is 39.0 Å². The lowest BCUT2D eigenvalue weighted by Crippen LogP contribution is -2.54. The first kappa shape index (κ1) is 14.8. The first-order valence-corrected chi connectivity index (χ1v) is 7.30. The lowest BCUT2D eigenvalue weighted by atomic mass is 10.1. The van der Waals surface area contributed by atoms with Gasteiger partial charge in [-0.25, -0.2) is 0 Å². The SMILES string of the molecule is CC1CN(Cc2ccc(CN)cc2Cl)CC(C)N1C. The maximum atomic E-state index is 6.34. The van der Waals surface area contributed by atoms with Crippen molar-refractivity contribution in [3.63, 3.8) is 0 Å². The van der Waals surface area contributed by atoms with E-state index in [4.69, 9.17) is 17.3 Å². The first-order valence-electron chi connectivity index (χ1n) is 6.93. The number of halogens is 1. The van der Waals surface area contributed by atoms with Crippen LogP contribution < -0.4 is 5.73 Å². The fourth-order valence-electron chi connectivity index (χ4n) is 2.73. The fraction of sp³-hybridized carbons (Fsp3) is 0.600. The average molecular weight is 282 g/mol. The van der Waals surface area contributed by atoms with Gasteiger partial charge < -0.3 is 5.73 Å². The summed E-state index contributed by atoms with van der Waals surface area (Å²) in [7, 11) is 2.20. The van der Waals surface area contributed by atoms with Crippen molar-refractivity contribution in [3.05, 3.63) is 34.3 Å². The quantitative estimate of drug-likeness (QED) is 0.923. The molecule has 1 fully saturated rings. The summed E-state index contributed by atoms with van der Waals surface area (Å²) in [4.78, 5) is 4.92. The average Bonchev–Trinajstić information content (AvgIpc) is 2.38. The topological polar surface area (TPSA) is 32.5 Å². The smallest absolute Gasteiger partial charge is 0.0454 e. The lowest BCUT2D eigenvalue weighted by molar-refractivity contribution is 0.0556. The largest absolute Gasteiger partial charge is 0.326 e. The van der Waals surface area contributed by atoms with E-state index < -0.39 is 0 Å². The summed E-state index contributed by atoms with van der Waals surface area (Å²) in [5.74, 6) is 0. The molecule has 19 heavy (non-hydrogen) atoms. The molecule has 0 aliphatic carbocycles. The second-order valence-electron chi connectivity index (χ2n) is 5.69. The normalized spacial score (nSPS) is 25.7. The van der Waals surface area contributed by atoms with Crippen molar-refractivity contribution in [2.24, 2.45) is 5.73 Å². The van der Waals surface area contributed by atoms with Crippen molar-refractivity contribution in [2.75, 3.05) is 20.1 Å². The Labute approximate surface area is 121 Å². The maximum absolute atomic E-state index is 6.34. The minimum atomic E-state index is 0.544. The number of piperazine rings is 1. The molecule has 3 nitrogen and oxygen atoms in total. The summed E-state index contributed by atoms with van der Waals surface area (Å²) in [5.41, 5.74) is 7.92. The minimum Gasteiger partial charge on any atom is -0.326 e. The van der Waals surface area contributed by atoms with E-state index in [2.05, 4.69) is 42.8 Å². The summed E-state index contributed by atoms with van der Waals surface area (Å²) in [5, 5.41) is 0.835. The molecule has 0 spiro atoms. The Hall–Kier alpha value is -0.610. The van der Waals surface area contributed by atoms with Gasteiger partial charge in [0.2, 0.25) is 0 Å². The molecule has 2 rings (SSSR count). The Morgan fingerprint density at radius 1 is 1.26 bits per heavy atom. The third-order valence-corrected chi connectivity index (χ3v) is 4.53. The molecule has 1 aromatic carbocycles. The highest BCUT2D eigenvalue weighted by Gasteiger charge is 2.26. The van der Waals surface area contributed by atoms with E-state index in [1.807, 2.05) is 6.07 Å². The van der Waals surface area contributed by atoms with E-state index in [-0.39, 0.29) is 0 Å². The number of likely N-dealkylation sites (N-methyl/N-ethyl adjacent to an activating group) is 1. The standard InChI is InChI=1S/C15H24ClN3/c1-11-8-19(9-12(2)18(11)3)10-14-5-4-13(7-17)6-15(14)16/h4-6,11-12H,7-10,17H2,1-3H3. The molecule has 2 atom stereocenters. The molecule has 2 unspecified atom stereocenters. The summed E-state index contributed by atoms with van der Waals surface area (Å²) < 4.78 is 0. The molecule has 0 aromatic heterocycles. The van der Waals surface area contributed by atoms with E-state index in [1.165, 1.54) is 5.56 Å². The van der Waals surface area contributed by atoms with Crippen LogP contribution in [0.2, 0.25) is 5.02 Å². The lowest BCUT2D eigenvalue weighted by Gasteiger charge is -2.42. The third-order valence-electron chi connectivity index (χ3n) is 4.18. The van der Waals surface area contributed by atoms with Gasteiger partial charge in [-0.05, 0) is 38.1 Å². The summed E-state index contributed by atoms with van der Waals surface area (Å²) >= 11 is 6.34. The van der Waals surface area contributed by atoms with Gasteiger partial charge in [0, 0.05) is 43.3 Å². The Morgan fingerprint density at radius 3 is 2.42 bits per heavy atom. The van der Waals surface area contributed by atoms with Gasteiger partial charge in [-0.2, -0.15) is 0 Å². The molecule has 2 N–H and O–H groups in total.